The maximum Gasteiger partial charge on any atom is 0.245 e. The summed E-state index contributed by atoms with van der Waals surface area (Å²) in [5.41, 5.74) is 1.09. The quantitative estimate of drug-likeness (QED) is 0.172. The summed E-state index contributed by atoms with van der Waals surface area (Å²) >= 11 is 1.51. The molecule has 296 valence electrons. The van der Waals surface area contributed by atoms with E-state index in [9.17, 15) is 19.2 Å². The molecule has 3 rings (SSSR count). The highest BCUT2D eigenvalue weighted by atomic mass is 32.1. The van der Waals surface area contributed by atoms with Crippen molar-refractivity contribution in [3.63, 3.8) is 0 Å². The van der Waals surface area contributed by atoms with Gasteiger partial charge >= 0.3 is 0 Å². The second kappa shape index (κ2) is 20.9. The predicted octanol–water partition coefficient (Wildman–Crippen LogP) is 5.90. The molecule has 1 aromatic carbocycles. The van der Waals surface area contributed by atoms with Crippen LogP contribution in [-0.4, -0.2) is 96.6 Å². The molecule has 9 atom stereocenters. The van der Waals surface area contributed by atoms with Gasteiger partial charge in [0, 0.05) is 45.3 Å². The Morgan fingerprint density at radius 1 is 0.943 bits per heavy atom. The Kier molecular flexibility index (Phi) is 17.4. The Labute approximate surface area is 322 Å². The number of carbonyl (C=O) groups excluding carboxylic acids is 4. The number of hydrogen-bond donors (Lipinski definition) is 2. The standard InChI is InChI=1S/C41H65N5O6S/c1-12-27(6)36(45(9)41(50)35(26(4)5)44-38(48)28(7)25(2)3)33(51-10)24-34(47)46-21-16-19-32(46)37(52-11)29(8)39(49)43-31(40-42-20-22-53-40)23-30-17-14-13-15-18-30/h13-15,17-18,20,22,25-29,31-33,35-37H,12,16,19,21,23-24H2,1-11H3,(H,43,49)(H,44,48)/t27-,28-,29+,31?,32-,33+,35-,36-,37+/m0/s1. The lowest BCUT2D eigenvalue weighted by Crippen LogP contribution is -2.58. The molecule has 1 saturated heterocycles. The molecule has 1 aliphatic heterocycles. The van der Waals surface area contributed by atoms with Crippen molar-refractivity contribution in [2.24, 2.45) is 29.6 Å². The summed E-state index contributed by atoms with van der Waals surface area (Å²) in [7, 11) is 4.93. The molecule has 12 heteroatoms. The van der Waals surface area contributed by atoms with E-state index in [-0.39, 0.29) is 65.8 Å². The Morgan fingerprint density at radius 3 is 2.15 bits per heavy atom. The molecule has 53 heavy (non-hydrogen) atoms. The number of methoxy groups -OCH3 is 2. The first-order valence-corrected chi connectivity index (χ1v) is 20.2. The van der Waals surface area contributed by atoms with E-state index in [4.69, 9.17) is 9.47 Å². The maximum atomic E-state index is 14.2. The number of benzene rings is 1. The number of amides is 4. The second-order valence-corrected chi connectivity index (χ2v) is 16.4. The highest BCUT2D eigenvalue weighted by Crippen LogP contribution is 2.30. The second-order valence-electron chi connectivity index (χ2n) is 15.5. The number of aromatic nitrogens is 1. The Balaban J connectivity index is 1.78. The van der Waals surface area contributed by atoms with Crippen LogP contribution in [0.5, 0.6) is 0 Å². The number of likely N-dealkylation sites (N-methyl/N-ethyl adjacent to an activating group) is 1. The molecule has 1 aliphatic rings. The van der Waals surface area contributed by atoms with Crippen molar-refractivity contribution in [2.75, 3.05) is 27.8 Å². The molecule has 2 heterocycles. The van der Waals surface area contributed by atoms with Crippen LogP contribution in [0.15, 0.2) is 41.9 Å². The van der Waals surface area contributed by atoms with Crippen LogP contribution < -0.4 is 10.6 Å². The van der Waals surface area contributed by atoms with Gasteiger partial charge in [-0.05, 0) is 42.6 Å². The van der Waals surface area contributed by atoms with Gasteiger partial charge in [-0.2, -0.15) is 0 Å². The lowest BCUT2D eigenvalue weighted by atomic mass is 9.89. The largest absolute Gasteiger partial charge is 0.379 e. The van der Waals surface area contributed by atoms with Gasteiger partial charge < -0.3 is 29.9 Å². The summed E-state index contributed by atoms with van der Waals surface area (Å²) in [6, 6.07) is 8.28. The summed E-state index contributed by atoms with van der Waals surface area (Å²) < 4.78 is 12.1. The molecule has 1 fully saturated rings. The van der Waals surface area contributed by atoms with Crippen molar-refractivity contribution in [3.8, 4) is 0 Å². The number of thiazole rings is 1. The Morgan fingerprint density at radius 2 is 1.60 bits per heavy atom. The third-order valence-electron chi connectivity index (χ3n) is 11.3. The summed E-state index contributed by atoms with van der Waals surface area (Å²) in [5.74, 6) is -1.40. The molecule has 1 unspecified atom stereocenters. The minimum Gasteiger partial charge on any atom is -0.379 e. The first kappa shape index (κ1) is 44.0. The summed E-state index contributed by atoms with van der Waals surface area (Å²) in [6.45, 7) is 16.2. The molecular weight excluding hydrogens is 691 g/mol. The Hall–Kier alpha value is -3.35. The normalized spacial score (nSPS) is 19.2. The van der Waals surface area contributed by atoms with Gasteiger partial charge in [0.15, 0.2) is 0 Å². The van der Waals surface area contributed by atoms with E-state index in [1.54, 1.807) is 32.4 Å². The summed E-state index contributed by atoms with van der Waals surface area (Å²) in [6.07, 6.45) is 3.53. The zero-order valence-corrected chi connectivity index (χ0v) is 34.7. The number of nitrogens with zero attached hydrogens (tertiary/aromatic N) is 3. The van der Waals surface area contributed by atoms with Gasteiger partial charge in [0.25, 0.3) is 0 Å². The molecule has 4 amide bonds. The molecule has 0 spiro atoms. The van der Waals surface area contributed by atoms with E-state index < -0.39 is 30.2 Å². The van der Waals surface area contributed by atoms with Crippen molar-refractivity contribution in [1.29, 1.82) is 0 Å². The van der Waals surface area contributed by atoms with E-state index in [1.807, 2.05) is 82.2 Å². The number of hydrogen-bond acceptors (Lipinski definition) is 8. The fourth-order valence-corrected chi connectivity index (χ4v) is 8.08. The lowest BCUT2D eigenvalue weighted by Gasteiger charge is -2.41. The van der Waals surface area contributed by atoms with E-state index in [2.05, 4.69) is 29.5 Å². The van der Waals surface area contributed by atoms with Crippen LogP contribution in [0.25, 0.3) is 0 Å². The highest BCUT2D eigenvalue weighted by molar-refractivity contribution is 7.09. The van der Waals surface area contributed by atoms with Crippen LogP contribution in [-0.2, 0) is 35.1 Å². The van der Waals surface area contributed by atoms with E-state index in [0.717, 1.165) is 23.4 Å². The molecular formula is C41H65N5O6S. The van der Waals surface area contributed by atoms with Crippen LogP contribution in [0.3, 0.4) is 0 Å². The fourth-order valence-electron chi connectivity index (χ4n) is 7.39. The SMILES string of the molecule is CC[C@H](C)[C@@H]([C@@H](CC(=O)N1CCC[C@H]1[C@H](OC)[C@@H](C)C(=O)NC(Cc1ccccc1)c1nccs1)OC)N(C)C(=O)[C@@H](NC(=O)[C@@H](C)C(C)C)C(C)C. The van der Waals surface area contributed by atoms with Crippen LogP contribution in [0.1, 0.15) is 97.7 Å². The average molecular weight is 756 g/mol. The topological polar surface area (TPSA) is 130 Å². The van der Waals surface area contributed by atoms with E-state index >= 15 is 0 Å². The van der Waals surface area contributed by atoms with Crippen LogP contribution in [0.2, 0.25) is 0 Å². The van der Waals surface area contributed by atoms with Gasteiger partial charge in [0.1, 0.15) is 11.0 Å². The van der Waals surface area contributed by atoms with E-state index in [0.29, 0.717) is 19.4 Å². The zero-order chi connectivity index (χ0) is 39.4. The van der Waals surface area contributed by atoms with E-state index in [1.165, 1.54) is 11.3 Å². The van der Waals surface area contributed by atoms with Crippen molar-refractivity contribution >= 4 is 35.0 Å². The smallest absolute Gasteiger partial charge is 0.245 e. The molecule has 1 aromatic heterocycles. The number of carbonyl (C=O) groups is 4. The first-order chi connectivity index (χ1) is 25.2. The Bertz CT molecular complexity index is 1440. The average Bonchev–Trinajstić information content (AvgIpc) is 3.86. The van der Waals surface area contributed by atoms with Crippen LogP contribution in [0.4, 0.5) is 0 Å². The minimum absolute atomic E-state index is 0.00582. The van der Waals surface area contributed by atoms with Crippen LogP contribution in [0, 0.1) is 29.6 Å². The molecule has 0 bridgehead atoms. The van der Waals surface area contributed by atoms with Gasteiger partial charge in [-0.15, -0.1) is 11.3 Å². The summed E-state index contributed by atoms with van der Waals surface area (Å²) in [4.78, 5) is 63.3. The summed E-state index contributed by atoms with van der Waals surface area (Å²) in [5, 5.41) is 8.98. The number of ether oxygens (including phenoxy) is 2. The zero-order valence-electron chi connectivity index (χ0n) is 33.8. The van der Waals surface area contributed by atoms with Crippen molar-refractivity contribution in [3.05, 3.63) is 52.5 Å². The van der Waals surface area contributed by atoms with Gasteiger partial charge in [0.2, 0.25) is 23.6 Å². The van der Waals surface area contributed by atoms with Gasteiger partial charge in [-0.1, -0.05) is 92.1 Å². The predicted molar refractivity (Wildman–Crippen MR) is 210 cm³/mol. The van der Waals surface area contributed by atoms with Crippen molar-refractivity contribution in [1.82, 2.24) is 25.4 Å². The van der Waals surface area contributed by atoms with Gasteiger partial charge in [-0.25, -0.2) is 4.98 Å². The minimum atomic E-state index is -0.714. The fraction of sp³-hybridized carbons (Fsp3) is 0.683. The number of nitrogens with one attached hydrogen (secondary N) is 2. The molecule has 11 nitrogen and oxygen atoms in total. The monoisotopic (exact) mass is 755 g/mol. The maximum absolute atomic E-state index is 14.2. The molecule has 2 N–H and O–H groups in total. The van der Waals surface area contributed by atoms with Crippen LogP contribution >= 0.6 is 11.3 Å². The molecule has 0 radical (unpaired) electrons. The highest BCUT2D eigenvalue weighted by Gasteiger charge is 2.43. The van der Waals surface area contributed by atoms with Crippen molar-refractivity contribution in [2.45, 2.75) is 124 Å². The number of likely N-dealkylation sites (tertiary alicyclic amines) is 1. The number of rotatable bonds is 20. The molecule has 2 aromatic rings. The van der Waals surface area contributed by atoms with Gasteiger partial charge in [0.05, 0.1) is 42.7 Å². The molecule has 0 saturated carbocycles. The first-order valence-electron chi connectivity index (χ1n) is 19.3. The molecule has 0 aliphatic carbocycles. The third-order valence-corrected chi connectivity index (χ3v) is 12.1. The lowest BCUT2D eigenvalue weighted by molar-refractivity contribution is -0.148. The third kappa shape index (κ3) is 11.6. The van der Waals surface area contributed by atoms with Crippen molar-refractivity contribution < 1.29 is 28.7 Å². The van der Waals surface area contributed by atoms with Gasteiger partial charge in [-0.3, -0.25) is 19.2 Å².